The molecule has 0 aliphatic rings. The summed E-state index contributed by atoms with van der Waals surface area (Å²) < 4.78 is 40.4. The Hall–Kier alpha value is -3.20. The van der Waals surface area contributed by atoms with Crippen LogP contribution in [0.1, 0.15) is 5.56 Å². The Labute approximate surface area is 155 Å². The normalized spacial score (nSPS) is 11.3. The number of rotatable bonds is 6. The molecule has 2 aromatic heterocycles. The Kier molecular flexibility index (Phi) is 5.22. The lowest BCUT2D eigenvalue weighted by molar-refractivity contribution is 0.194. The number of nitrogens with zero attached hydrogens (tertiary/aromatic N) is 2. The van der Waals surface area contributed by atoms with Gasteiger partial charge in [-0.25, -0.2) is 21.6 Å². The third kappa shape index (κ3) is 4.14. The number of nitrogens with one attached hydrogen (secondary N) is 1. The van der Waals surface area contributed by atoms with Crippen LogP contribution in [0.2, 0.25) is 0 Å². The van der Waals surface area contributed by atoms with Crippen molar-refractivity contribution in [3.05, 3.63) is 72.4 Å². The number of carboxylic acid groups (broad SMARTS) is 1. The lowest BCUT2D eigenvalue weighted by Crippen LogP contribution is -2.23. The number of benzene rings is 1. The van der Waals surface area contributed by atoms with Crippen molar-refractivity contribution in [2.45, 2.75) is 11.3 Å². The topological polar surface area (TPSA) is 101 Å². The van der Waals surface area contributed by atoms with Crippen molar-refractivity contribution < 1.29 is 22.7 Å². The average Bonchev–Trinajstić information content (AvgIpc) is 3.08. The van der Waals surface area contributed by atoms with Crippen molar-refractivity contribution >= 4 is 16.1 Å². The molecule has 27 heavy (non-hydrogen) atoms. The number of aromatic nitrogens is 2. The summed E-state index contributed by atoms with van der Waals surface area (Å²) >= 11 is 0. The van der Waals surface area contributed by atoms with Crippen molar-refractivity contribution in [1.29, 1.82) is 0 Å². The van der Waals surface area contributed by atoms with Crippen LogP contribution >= 0.6 is 0 Å². The molecule has 0 bridgehead atoms. The molecule has 9 heteroatoms. The van der Waals surface area contributed by atoms with E-state index in [4.69, 9.17) is 5.11 Å². The molecule has 2 heterocycles. The maximum Gasteiger partial charge on any atom is 0.404 e. The van der Waals surface area contributed by atoms with Gasteiger partial charge in [-0.15, -0.1) is 0 Å². The predicted molar refractivity (Wildman–Crippen MR) is 96.4 cm³/mol. The highest BCUT2D eigenvalue weighted by molar-refractivity contribution is 7.90. The van der Waals surface area contributed by atoms with Gasteiger partial charge in [-0.2, -0.15) is 0 Å². The van der Waals surface area contributed by atoms with E-state index in [2.05, 4.69) is 10.3 Å². The molecule has 0 aliphatic carbocycles. The van der Waals surface area contributed by atoms with E-state index in [1.165, 1.54) is 55.0 Å². The van der Waals surface area contributed by atoms with Gasteiger partial charge in [0.25, 0.3) is 10.0 Å². The van der Waals surface area contributed by atoms with Gasteiger partial charge in [0.05, 0.1) is 5.69 Å². The lowest BCUT2D eigenvalue weighted by Gasteiger charge is -2.10. The van der Waals surface area contributed by atoms with Crippen LogP contribution in [0.5, 0.6) is 0 Å². The summed E-state index contributed by atoms with van der Waals surface area (Å²) in [6.07, 6.45) is 3.30. The molecule has 3 rings (SSSR count). The Bertz CT molecular complexity index is 1050. The van der Waals surface area contributed by atoms with Gasteiger partial charge in [0.1, 0.15) is 10.7 Å². The average molecular weight is 389 g/mol. The molecule has 0 atom stereocenters. The zero-order chi connectivity index (χ0) is 19.4. The highest BCUT2D eigenvalue weighted by Gasteiger charge is 2.22. The van der Waals surface area contributed by atoms with Crippen molar-refractivity contribution in [3.8, 4) is 11.3 Å². The number of hydrogen-bond acceptors (Lipinski definition) is 4. The van der Waals surface area contributed by atoms with Crippen LogP contribution < -0.4 is 5.32 Å². The molecule has 0 fully saturated rings. The van der Waals surface area contributed by atoms with Crippen molar-refractivity contribution in [1.82, 2.24) is 14.3 Å². The first-order chi connectivity index (χ1) is 12.9. The molecule has 0 aliphatic heterocycles. The van der Waals surface area contributed by atoms with Crippen molar-refractivity contribution in [2.24, 2.45) is 0 Å². The molecule has 3 aromatic rings. The standard InChI is InChI=1S/C18H16FN3O4S/c19-15-5-3-14(4-6-15)17-10-13(7-9-21-18(23)24)12-22(17)27(25,26)16-2-1-8-20-11-16/h1-6,8,10-12,21H,7,9H2,(H,23,24). The quantitative estimate of drug-likeness (QED) is 0.675. The second kappa shape index (κ2) is 7.58. The first-order valence-electron chi connectivity index (χ1n) is 7.97. The Morgan fingerprint density at radius 1 is 1.22 bits per heavy atom. The Balaban J connectivity index is 2.06. The van der Waals surface area contributed by atoms with Crippen LogP contribution in [-0.4, -0.2) is 35.1 Å². The monoisotopic (exact) mass is 389 g/mol. The zero-order valence-corrected chi connectivity index (χ0v) is 14.9. The number of amides is 1. The van der Waals surface area contributed by atoms with E-state index in [0.29, 0.717) is 23.2 Å². The maximum atomic E-state index is 13.3. The van der Waals surface area contributed by atoms with Crippen LogP contribution in [0, 0.1) is 5.82 Å². The van der Waals surface area contributed by atoms with Gasteiger partial charge in [0, 0.05) is 25.1 Å². The Morgan fingerprint density at radius 3 is 2.59 bits per heavy atom. The van der Waals surface area contributed by atoms with Crippen molar-refractivity contribution in [3.63, 3.8) is 0 Å². The minimum Gasteiger partial charge on any atom is -0.465 e. The van der Waals surface area contributed by atoms with E-state index in [1.807, 2.05) is 0 Å². The van der Waals surface area contributed by atoms with Gasteiger partial charge in [-0.05, 0) is 60.0 Å². The van der Waals surface area contributed by atoms with E-state index >= 15 is 0 Å². The van der Waals surface area contributed by atoms with Crippen LogP contribution in [-0.2, 0) is 16.4 Å². The van der Waals surface area contributed by atoms with E-state index in [0.717, 1.165) is 3.97 Å². The SMILES string of the molecule is O=C(O)NCCc1cc(-c2ccc(F)cc2)n(S(=O)(=O)c2cccnc2)c1. The van der Waals surface area contributed by atoms with Crippen molar-refractivity contribution in [2.75, 3.05) is 6.54 Å². The molecule has 1 amide bonds. The highest BCUT2D eigenvalue weighted by Crippen LogP contribution is 2.27. The van der Waals surface area contributed by atoms with Gasteiger partial charge >= 0.3 is 6.09 Å². The van der Waals surface area contributed by atoms with Crippen LogP contribution in [0.4, 0.5) is 9.18 Å². The van der Waals surface area contributed by atoms with Crippen LogP contribution in [0.3, 0.4) is 0 Å². The summed E-state index contributed by atoms with van der Waals surface area (Å²) in [5.74, 6) is -0.433. The van der Waals surface area contributed by atoms with Gasteiger partial charge in [-0.3, -0.25) is 4.98 Å². The molecule has 7 nitrogen and oxygen atoms in total. The molecule has 2 N–H and O–H groups in total. The Morgan fingerprint density at radius 2 is 1.96 bits per heavy atom. The fourth-order valence-corrected chi connectivity index (χ4v) is 3.95. The summed E-state index contributed by atoms with van der Waals surface area (Å²) in [4.78, 5) is 14.5. The van der Waals surface area contributed by atoms with Gasteiger partial charge in [0.2, 0.25) is 0 Å². The largest absolute Gasteiger partial charge is 0.465 e. The summed E-state index contributed by atoms with van der Waals surface area (Å²) in [7, 11) is -3.92. The maximum absolute atomic E-state index is 13.3. The summed E-state index contributed by atoms with van der Waals surface area (Å²) in [6, 6.07) is 10.1. The number of halogens is 1. The van der Waals surface area contributed by atoms with E-state index < -0.39 is 21.9 Å². The lowest BCUT2D eigenvalue weighted by atomic mass is 10.1. The zero-order valence-electron chi connectivity index (χ0n) is 14.0. The molecule has 0 saturated heterocycles. The second-order valence-electron chi connectivity index (χ2n) is 5.71. The van der Waals surface area contributed by atoms with E-state index in [1.54, 1.807) is 6.07 Å². The van der Waals surface area contributed by atoms with E-state index in [9.17, 15) is 17.6 Å². The summed E-state index contributed by atoms with van der Waals surface area (Å²) in [5, 5.41) is 10.9. The summed E-state index contributed by atoms with van der Waals surface area (Å²) in [6.45, 7) is 0.134. The number of carbonyl (C=O) groups is 1. The second-order valence-corrected chi connectivity index (χ2v) is 7.53. The molecular formula is C18H16FN3O4S. The molecular weight excluding hydrogens is 373 g/mol. The van der Waals surface area contributed by atoms with Gasteiger partial charge in [0.15, 0.2) is 0 Å². The fourth-order valence-electron chi connectivity index (χ4n) is 2.59. The molecule has 0 radical (unpaired) electrons. The molecule has 0 spiro atoms. The van der Waals surface area contributed by atoms with E-state index in [-0.39, 0.29) is 11.4 Å². The molecule has 1 aromatic carbocycles. The van der Waals surface area contributed by atoms with Gasteiger partial charge in [-0.1, -0.05) is 0 Å². The third-order valence-electron chi connectivity index (χ3n) is 3.86. The summed E-state index contributed by atoms with van der Waals surface area (Å²) in [5.41, 5.74) is 1.49. The molecule has 0 unspecified atom stereocenters. The third-order valence-corrected chi connectivity index (χ3v) is 5.52. The predicted octanol–water partition coefficient (Wildman–Crippen LogP) is 2.74. The molecule has 140 valence electrons. The highest BCUT2D eigenvalue weighted by atomic mass is 32.2. The first kappa shape index (κ1) is 18.6. The molecule has 0 saturated carbocycles. The first-order valence-corrected chi connectivity index (χ1v) is 9.41. The minimum absolute atomic E-state index is 0.0131. The van der Waals surface area contributed by atoms with Crippen LogP contribution in [0.15, 0.2) is 66.0 Å². The fraction of sp³-hybridized carbons (Fsp3) is 0.111. The minimum atomic E-state index is -3.92. The number of hydrogen-bond donors (Lipinski definition) is 2. The number of pyridine rings is 1. The van der Waals surface area contributed by atoms with Crippen LogP contribution in [0.25, 0.3) is 11.3 Å². The smallest absolute Gasteiger partial charge is 0.404 e. The van der Waals surface area contributed by atoms with Gasteiger partial charge < -0.3 is 10.4 Å².